The number of aryl methyl sites for hydroxylation is 1. The molecule has 0 fully saturated rings. The first-order valence-corrected chi connectivity index (χ1v) is 11.1. The number of imidazole rings is 1. The van der Waals surface area contributed by atoms with Gasteiger partial charge in [0.05, 0.1) is 12.3 Å². The summed E-state index contributed by atoms with van der Waals surface area (Å²) in [5.74, 6) is 0.933. The highest BCUT2D eigenvalue weighted by molar-refractivity contribution is 5.86. The lowest BCUT2D eigenvalue weighted by Gasteiger charge is -2.21. The zero-order chi connectivity index (χ0) is 20.5. The minimum Gasteiger partial charge on any atom is -0.494 e. The summed E-state index contributed by atoms with van der Waals surface area (Å²) in [5, 5.41) is 0. The van der Waals surface area contributed by atoms with E-state index in [9.17, 15) is 0 Å². The van der Waals surface area contributed by atoms with Gasteiger partial charge in [-0.3, -0.25) is 0 Å². The average molecular weight is 503 g/mol. The third-order valence-electron chi connectivity index (χ3n) is 5.37. The molecule has 0 spiro atoms. The molecule has 0 N–H and O–H groups in total. The molecule has 0 bridgehead atoms. The molecule has 0 aliphatic rings. The molecule has 1 aromatic carbocycles. The van der Waals surface area contributed by atoms with Gasteiger partial charge < -0.3 is 14.0 Å². The van der Waals surface area contributed by atoms with Crippen molar-refractivity contribution in [3.05, 3.63) is 54.4 Å². The summed E-state index contributed by atoms with van der Waals surface area (Å²) < 4.78 is 8.06. The molecule has 0 saturated heterocycles. The molecule has 0 radical (unpaired) electrons. The van der Waals surface area contributed by atoms with Crippen molar-refractivity contribution in [1.82, 2.24) is 14.3 Å². The molecule has 0 aliphatic heterocycles. The second-order valence-electron chi connectivity index (χ2n) is 7.82. The van der Waals surface area contributed by atoms with Crippen LogP contribution < -0.4 is 4.74 Å². The van der Waals surface area contributed by atoms with E-state index in [4.69, 9.17) is 9.72 Å². The summed E-state index contributed by atoms with van der Waals surface area (Å²) >= 11 is 0. The Bertz CT molecular complexity index is 876. The van der Waals surface area contributed by atoms with Crippen molar-refractivity contribution in [3.8, 4) is 17.0 Å². The molecular formula is C25H38Cl3N3O. The molecule has 3 aromatic rings. The highest BCUT2D eigenvalue weighted by atomic mass is 35.5. The Morgan fingerprint density at radius 3 is 2.09 bits per heavy atom. The zero-order valence-corrected chi connectivity index (χ0v) is 21.9. The Morgan fingerprint density at radius 1 is 0.875 bits per heavy atom. The fourth-order valence-electron chi connectivity index (χ4n) is 3.59. The van der Waals surface area contributed by atoms with Crippen LogP contribution in [0.3, 0.4) is 0 Å². The minimum absolute atomic E-state index is 0. The molecule has 0 aliphatic carbocycles. The van der Waals surface area contributed by atoms with Crippen LogP contribution in [-0.4, -0.2) is 40.5 Å². The Balaban J connectivity index is 0.00000320. The summed E-state index contributed by atoms with van der Waals surface area (Å²) in [5.41, 5.74) is 4.31. The lowest BCUT2D eigenvalue weighted by Crippen LogP contribution is -2.28. The number of hydrogen-bond acceptors (Lipinski definition) is 3. The van der Waals surface area contributed by atoms with Crippen molar-refractivity contribution >= 4 is 42.9 Å². The topological polar surface area (TPSA) is 29.8 Å². The molecule has 0 amide bonds. The van der Waals surface area contributed by atoms with Crippen molar-refractivity contribution in [2.45, 2.75) is 52.9 Å². The van der Waals surface area contributed by atoms with Gasteiger partial charge in [0, 0.05) is 24.5 Å². The molecular weight excluding hydrogens is 465 g/mol. The molecule has 7 heteroatoms. The number of aromatic nitrogens is 2. The Morgan fingerprint density at radius 2 is 1.50 bits per heavy atom. The molecule has 32 heavy (non-hydrogen) atoms. The average Bonchev–Trinajstić information content (AvgIpc) is 3.19. The first kappa shape index (κ1) is 30.5. The molecule has 180 valence electrons. The quantitative estimate of drug-likeness (QED) is 0.244. The summed E-state index contributed by atoms with van der Waals surface area (Å²) in [4.78, 5) is 7.36. The number of ether oxygens (including phenoxy) is 1. The lowest BCUT2D eigenvalue weighted by atomic mass is 10.1. The van der Waals surface area contributed by atoms with Crippen molar-refractivity contribution in [3.63, 3.8) is 0 Å². The fraction of sp³-hybridized carbons (Fsp3) is 0.480. The molecule has 3 rings (SSSR count). The van der Waals surface area contributed by atoms with Gasteiger partial charge in [0.1, 0.15) is 11.4 Å². The summed E-state index contributed by atoms with van der Waals surface area (Å²) in [6.45, 7) is 10.9. The normalized spacial score (nSPS) is 10.4. The maximum atomic E-state index is 5.98. The maximum Gasteiger partial charge on any atom is 0.140 e. The number of halogens is 3. The van der Waals surface area contributed by atoms with Gasteiger partial charge in [-0.05, 0) is 75.2 Å². The monoisotopic (exact) mass is 501 g/mol. The highest BCUT2D eigenvalue weighted by Crippen LogP contribution is 2.23. The second-order valence-corrected chi connectivity index (χ2v) is 7.82. The van der Waals surface area contributed by atoms with Gasteiger partial charge in [0.15, 0.2) is 0 Å². The maximum absolute atomic E-state index is 5.98. The Kier molecular flexibility index (Phi) is 15.5. The van der Waals surface area contributed by atoms with Gasteiger partial charge in [0.25, 0.3) is 0 Å². The molecule has 4 nitrogen and oxygen atoms in total. The molecule has 0 saturated carbocycles. The number of pyridine rings is 1. The van der Waals surface area contributed by atoms with E-state index >= 15 is 0 Å². The standard InChI is InChI=1S/C25H35N3O.3ClH/c1-4-6-15-27(16-7-5-2)17-9-19-29-23-13-11-22(12-14-23)24-20-28-18-8-10-21(3)25(28)26-24;;;/h8,10-14,18,20H,4-7,9,15-17,19H2,1-3H3;3*1H. The van der Waals surface area contributed by atoms with Crippen molar-refractivity contribution in [2.75, 3.05) is 26.2 Å². The third kappa shape index (κ3) is 8.82. The van der Waals surface area contributed by atoms with Crippen LogP contribution in [0.5, 0.6) is 5.75 Å². The fourth-order valence-corrected chi connectivity index (χ4v) is 3.59. The van der Waals surface area contributed by atoms with Gasteiger partial charge in [-0.2, -0.15) is 0 Å². The predicted octanol–water partition coefficient (Wildman–Crippen LogP) is 7.25. The molecule has 2 aromatic heterocycles. The van der Waals surface area contributed by atoms with E-state index in [0.29, 0.717) is 0 Å². The summed E-state index contributed by atoms with van der Waals surface area (Å²) in [6.07, 6.45) is 10.3. The van der Waals surface area contributed by atoms with E-state index in [1.807, 2.05) is 6.20 Å². The van der Waals surface area contributed by atoms with Crippen molar-refractivity contribution in [2.24, 2.45) is 0 Å². The lowest BCUT2D eigenvalue weighted by molar-refractivity contribution is 0.229. The number of hydrogen-bond donors (Lipinski definition) is 0. The predicted molar refractivity (Wildman–Crippen MR) is 143 cm³/mol. The molecule has 0 unspecified atom stereocenters. The van der Waals surface area contributed by atoms with Gasteiger partial charge in [-0.15, -0.1) is 37.2 Å². The molecule has 0 atom stereocenters. The van der Waals surface area contributed by atoms with Gasteiger partial charge >= 0.3 is 0 Å². The number of unbranched alkanes of at least 4 members (excludes halogenated alkanes) is 2. The van der Waals surface area contributed by atoms with Crippen molar-refractivity contribution in [1.29, 1.82) is 0 Å². The number of rotatable bonds is 12. The summed E-state index contributed by atoms with van der Waals surface area (Å²) in [7, 11) is 0. The first-order valence-electron chi connectivity index (χ1n) is 11.1. The Hall–Kier alpha value is -1.46. The van der Waals surface area contributed by atoms with Crippen LogP contribution in [0.25, 0.3) is 16.9 Å². The van der Waals surface area contributed by atoms with Crippen LogP contribution in [-0.2, 0) is 0 Å². The van der Waals surface area contributed by atoms with Crippen molar-refractivity contribution < 1.29 is 4.74 Å². The van der Waals surface area contributed by atoms with Gasteiger partial charge in [-0.25, -0.2) is 4.98 Å². The van der Waals surface area contributed by atoms with E-state index in [1.165, 1.54) is 44.3 Å². The van der Waals surface area contributed by atoms with E-state index in [1.54, 1.807) is 0 Å². The number of nitrogens with zero attached hydrogens (tertiary/aromatic N) is 3. The molecule has 2 heterocycles. The van der Waals surface area contributed by atoms with E-state index < -0.39 is 0 Å². The smallest absolute Gasteiger partial charge is 0.140 e. The van der Waals surface area contributed by atoms with E-state index in [2.05, 4.69) is 72.7 Å². The van der Waals surface area contributed by atoms with Gasteiger partial charge in [0.2, 0.25) is 0 Å². The van der Waals surface area contributed by atoms with Crippen LogP contribution in [0.2, 0.25) is 0 Å². The van der Waals surface area contributed by atoms with E-state index in [0.717, 1.165) is 42.2 Å². The van der Waals surface area contributed by atoms with Crippen LogP contribution >= 0.6 is 37.2 Å². The highest BCUT2D eigenvalue weighted by Gasteiger charge is 2.07. The van der Waals surface area contributed by atoms with Crippen LogP contribution in [0.1, 0.15) is 51.5 Å². The number of benzene rings is 1. The minimum atomic E-state index is 0. The van der Waals surface area contributed by atoms with Crippen LogP contribution in [0.4, 0.5) is 0 Å². The van der Waals surface area contributed by atoms with E-state index in [-0.39, 0.29) is 37.2 Å². The summed E-state index contributed by atoms with van der Waals surface area (Å²) in [6, 6.07) is 12.4. The van der Waals surface area contributed by atoms with Crippen LogP contribution in [0, 0.1) is 6.92 Å². The second kappa shape index (κ2) is 16.2. The SMILES string of the molecule is CCCCN(CCCC)CCCOc1ccc(-c2cn3cccc(C)c3n2)cc1.Cl.Cl.Cl. The van der Waals surface area contributed by atoms with Gasteiger partial charge in [-0.1, -0.05) is 32.8 Å². The largest absolute Gasteiger partial charge is 0.494 e. The Labute approximate surface area is 212 Å². The first-order chi connectivity index (χ1) is 14.2. The zero-order valence-electron chi connectivity index (χ0n) is 19.5. The number of fused-ring (bicyclic) bond motifs is 1. The van der Waals surface area contributed by atoms with Crippen LogP contribution in [0.15, 0.2) is 48.8 Å². The third-order valence-corrected chi connectivity index (χ3v) is 5.37.